The second-order valence-corrected chi connectivity index (χ2v) is 6.96. The standard InChI is InChI=1S/C19H27ClN4O3.HI/c1-14(18(26)27-3)13-22-19(21-2)24-9-7-23(8-10-24)17(25)12-15-5-4-6-16(20)11-15;/h4-6,11,14H,7-10,12-13H2,1-3H3,(H,21,22);1H. The van der Waals surface area contributed by atoms with Gasteiger partial charge in [0.25, 0.3) is 0 Å². The minimum atomic E-state index is -0.257. The van der Waals surface area contributed by atoms with E-state index >= 15 is 0 Å². The summed E-state index contributed by atoms with van der Waals surface area (Å²) in [6.07, 6.45) is 0.351. The lowest BCUT2D eigenvalue weighted by Crippen LogP contribution is -2.54. The predicted octanol–water partition coefficient (Wildman–Crippen LogP) is 2.03. The fourth-order valence-electron chi connectivity index (χ4n) is 2.96. The van der Waals surface area contributed by atoms with Crippen molar-refractivity contribution >= 4 is 53.4 Å². The predicted molar refractivity (Wildman–Crippen MR) is 121 cm³/mol. The van der Waals surface area contributed by atoms with Crippen molar-refractivity contribution in [1.82, 2.24) is 15.1 Å². The lowest BCUT2D eigenvalue weighted by Gasteiger charge is -2.36. The summed E-state index contributed by atoms with van der Waals surface area (Å²) in [6.45, 7) is 4.90. The third-order valence-corrected chi connectivity index (χ3v) is 4.79. The minimum Gasteiger partial charge on any atom is -0.469 e. The summed E-state index contributed by atoms with van der Waals surface area (Å²) in [5.41, 5.74) is 0.921. The molecule has 1 aliphatic rings. The normalized spacial score (nSPS) is 15.5. The van der Waals surface area contributed by atoms with Gasteiger partial charge in [-0.2, -0.15) is 0 Å². The highest BCUT2D eigenvalue weighted by molar-refractivity contribution is 14.0. The van der Waals surface area contributed by atoms with Gasteiger partial charge in [-0.3, -0.25) is 14.6 Å². The molecule has 9 heteroatoms. The molecule has 156 valence electrons. The zero-order chi connectivity index (χ0) is 19.8. The van der Waals surface area contributed by atoms with Gasteiger partial charge in [-0.1, -0.05) is 30.7 Å². The van der Waals surface area contributed by atoms with Crippen LogP contribution in [0.1, 0.15) is 12.5 Å². The van der Waals surface area contributed by atoms with Gasteiger partial charge in [0.2, 0.25) is 5.91 Å². The van der Waals surface area contributed by atoms with Crippen molar-refractivity contribution in [2.24, 2.45) is 10.9 Å². The van der Waals surface area contributed by atoms with E-state index in [4.69, 9.17) is 16.3 Å². The van der Waals surface area contributed by atoms with Crippen LogP contribution in [0.15, 0.2) is 29.3 Å². The van der Waals surface area contributed by atoms with Crippen LogP contribution in [-0.4, -0.2) is 74.5 Å². The molecule has 1 heterocycles. The Morgan fingerprint density at radius 3 is 2.46 bits per heavy atom. The highest BCUT2D eigenvalue weighted by Gasteiger charge is 2.23. The molecule has 0 spiro atoms. The summed E-state index contributed by atoms with van der Waals surface area (Å²) in [4.78, 5) is 32.3. The van der Waals surface area contributed by atoms with Gasteiger partial charge in [-0.05, 0) is 17.7 Å². The van der Waals surface area contributed by atoms with Crippen LogP contribution >= 0.6 is 35.6 Å². The summed E-state index contributed by atoms with van der Waals surface area (Å²) in [5.74, 6) is 0.313. The van der Waals surface area contributed by atoms with Gasteiger partial charge in [0.15, 0.2) is 5.96 Å². The molecule has 1 aliphatic heterocycles. The first-order valence-electron chi connectivity index (χ1n) is 9.00. The third kappa shape index (κ3) is 7.12. The number of methoxy groups -OCH3 is 1. The second-order valence-electron chi connectivity index (χ2n) is 6.53. The number of hydrogen-bond donors (Lipinski definition) is 1. The molecular formula is C19H28ClIN4O3. The van der Waals surface area contributed by atoms with Crippen LogP contribution < -0.4 is 5.32 Å². The van der Waals surface area contributed by atoms with Crippen molar-refractivity contribution in [2.75, 3.05) is 46.9 Å². The van der Waals surface area contributed by atoms with Crippen molar-refractivity contribution in [3.05, 3.63) is 34.9 Å². The van der Waals surface area contributed by atoms with E-state index in [1.165, 1.54) is 7.11 Å². The van der Waals surface area contributed by atoms with Gasteiger partial charge in [0.1, 0.15) is 0 Å². The van der Waals surface area contributed by atoms with Crippen molar-refractivity contribution in [1.29, 1.82) is 0 Å². The number of benzene rings is 1. The molecule has 0 aliphatic carbocycles. The first-order valence-corrected chi connectivity index (χ1v) is 9.38. The van der Waals surface area contributed by atoms with Crippen LogP contribution in [0.3, 0.4) is 0 Å². The van der Waals surface area contributed by atoms with Crippen LogP contribution in [0.4, 0.5) is 0 Å². The Hall–Kier alpha value is -1.55. The van der Waals surface area contributed by atoms with Crippen molar-refractivity contribution in [3.8, 4) is 0 Å². The summed E-state index contributed by atoms with van der Waals surface area (Å²) < 4.78 is 4.74. The summed E-state index contributed by atoms with van der Waals surface area (Å²) >= 11 is 5.98. The lowest BCUT2D eigenvalue weighted by atomic mass is 10.1. The van der Waals surface area contributed by atoms with E-state index in [0.29, 0.717) is 44.2 Å². The zero-order valence-corrected chi connectivity index (χ0v) is 19.6. The fourth-order valence-corrected chi connectivity index (χ4v) is 3.18. The maximum Gasteiger partial charge on any atom is 0.310 e. The smallest absolute Gasteiger partial charge is 0.310 e. The van der Waals surface area contributed by atoms with Gasteiger partial charge in [-0.25, -0.2) is 0 Å². The largest absolute Gasteiger partial charge is 0.469 e. The minimum absolute atomic E-state index is 0. The first kappa shape index (κ1) is 24.5. The average molecular weight is 523 g/mol. The molecule has 1 aromatic carbocycles. The molecule has 0 saturated carbocycles. The Labute approximate surface area is 188 Å². The number of aliphatic imine (C=N–C) groups is 1. The molecule has 2 rings (SSSR count). The SMILES string of the molecule is CN=C(NCC(C)C(=O)OC)N1CCN(C(=O)Cc2cccc(Cl)c2)CC1.I. The molecule has 28 heavy (non-hydrogen) atoms. The number of guanidine groups is 1. The van der Waals surface area contributed by atoms with E-state index < -0.39 is 0 Å². The lowest BCUT2D eigenvalue weighted by molar-refractivity contribution is -0.144. The second kappa shape index (κ2) is 12.1. The van der Waals surface area contributed by atoms with Gasteiger partial charge >= 0.3 is 5.97 Å². The molecular weight excluding hydrogens is 495 g/mol. The maximum absolute atomic E-state index is 12.5. The zero-order valence-electron chi connectivity index (χ0n) is 16.5. The molecule has 1 amide bonds. The number of rotatable bonds is 5. The van der Waals surface area contributed by atoms with Crippen molar-refractivity contribution < 1.29 is 14.3 Å². The molecule has 1 fully saturated rings. The molecule has 0 bridgehead atoms. The van der Waals surface area contributed by atoms with E-state index in [9.17, 15) is 9.59 Å². The van der Waals surface area contributed by atoms with Gasteiger partial charge in [0.05, 0.1) is 19.4 Å². The Bertz CT molecular complexity index is 694. The van der Waals surface area contributed by atoms with Crippen molar-refractivity contribution in [3.63, 3.8) is 0 Å². The van der Waals surface area contributed by atoms with Crippen LogP contribution in [0.25, 0.3) is 0 Å². The van der Waals surface area contributed by atoms with E-state index in [1.807, 2.05) is 23.1 Å². The number of nitrogens with zero attached hydrogens (tertiary/aromatic N) is 3. The molecule has 0 aromatic heterocycles. The number of nitrogens with one attached hydrogen (secondary N) is 1. The van der Waals surface area contributed by atoms with Gasteiger partial charge < -0.3 is 19.9 Å². The highest BCUT2D eigenvalue weighted by Crippen LogP contribution is 2.13. The number of carbonyl (C=O) groups is 2. The molecule has 1 N–H and O–H groups in total. The molecule has 1 saturated heterocycles. The fraction of sp³-hybridized carbons (Fsp3) is 0.526. The number of ether oxygens (including phenoxy) is 1. The van der Waals surface area contributed by atoms with Crippen LogP contribution in [0.2, 0.25) is 5.02 Å². The van der Waals surface area contributed by atoms with Crippen LogP contribution in [0, 0.1) is 5.92 Å². The number of amides is 1. The summed E-state index contributed by atoms with van der Waals surface area (Å²) in [6, 6.07) is 7.39. The molecule has 1 atom stereocenters. The number of esters is 1. The maximum atomic E-state index is 12.5. The molecule has 1 aromatic rings. The van der Waals surface area contributed by atoms with Crippen LogP contribution in [-0.2, 0) is 20.7 Å². The molecule has 0 radical (unpaired) electrons. The Kier molecular flexibility index (Phi) is 10.6. The van der Waals surface area contributed by atoms with Crippen molar-refractivity contribution in [2.45, 2.75) is 13.3 Å². The Morgan fingerprint density at radius 2 is 1.89 bits per heavy atom. The van der Waals surface area contributed by atoms with E-state index in [2.05, 4.69) is 15.2 Å². The average Bonchev–Trinajstić information content (AvgIpc) is 2.68. The van der Waals surface area contributed by atoms with E-state index in [0.717, 1.165) is 11.5 Å². The Balaban J connectivity index is 0.00000392. The monoisotopic (exact) mass is 522 g/mol. The van der Waals surface area contributed by atoms with Gasteiger partial charge in [-0.15, -0.1) is 24.0 Å². The summed E-state index contributed by atoms with van der Waals surface area (Å²) in [5, 5.41) is 3.84. The van der Waals surface area contributed by atoms with Gasteiger partial charge in [0, 0.05) is 44.8 Å². The van der Waals surface area contributed by atoms with E-state index in [1.54, 1.807) is 20.0 Å². The number of carbonyl (C=O) groups excluding carboxylic acids is 2. The number of halogens is 2. The Morgan fingerprint density at radius 1 is 1.25 bits per heavy atom. The number of hydrogen-bond acceptors (Lipinski definition) is 4. The number of piperazine rings is 1. The quantitative estimate of drug-likeness (QED) is 0.277. The van der Waals surface area contributed by atoms with E-state index in [-0.39, 0.29) is 41.8 Å². The molecule has 1 unspecified atom stereocenters. The third-order valence-electron chi connectivity index (χ3n) is 4.56. The topological polar surface area (TPSA) is 74.2 Å². The van der Waals surface area contributed by atoms with Crippen LogP contribution in [0.5, 0.6) is 0 Å². The molecule has 7 nitrogen and oxygen atoms in total. The first-order chi connectivity index (χ1) is 12.9. The highest BCUT2D eigenvalue weighted by atomic mass is 127. The summed E-state index contributed by atoms with van der Waals surface area (Å²) in [7, 11) is 3.09.